The van der Waals surface area contributed by atoms with Gasteiger partial charge < -0.3 is 0 Å². The van der Waals surface area contributed by atoms with Crippen molar-refractivity contribution in [1.29, 1.82) is 0 Å². The van der Waals surface area contributed by atoms with Gasteiger partial charge in [0.1, 0.15) is 0 Å². The van der Waals surface area contributed by atoms with Gasteiger partial charge in [0.25, 0.3) is 5.56 Å². The topological polar surface area (TPSA) is 37.8 Å². The van der Waals surface area contributed by atoms with Crippen LogP contribution in [0, 0.1) is 6.92 Å². The second-order valence-electron chi connectivity index (χ2n) is 5.12. The fraction of sp³-hybridized carbons (Fsp3) is 0.727. The molecule has 0 aliphatic carbocycles. The molecule has 0 bridgehead atoms. The first-order valence-electron chi connectivity index (χ1n) is 5.06. The Morgan fingerprint density at radius 3 is 2.00 bits per heavy atom. The molecule has 1 aromatic heterocycles. The molecule has 1 rings (SSSR count). The summed E-state index contributed by atoms with van der Waals surface area (Å²) in [6, 6.07) is 0.304. The molecular formula is C11H20N2O. The minimum Gasteiger partial charge on any atom is -0.287 e. The monoisotopic (exact) mass is 196 g/mol. The molecule has 0 aliphatic heterocycles. The van der Waals surface area contributed by atoms with Crippen LogP contribution in [0.2, 0.25) is 0 Å². The van der Waals surface area contributed by atoms with E-state index in [0.717, 1.165) is 11.3 Å². The molecule has 0 amide bonds. The van der Waals surface area contributed by atoms with Crippen molar-refractivity contribution in [2.24, 2.45) is 0 Å². The summed E-state index contributed by atoms with van der Waals surface area (Å²) >= 11 is 0. The van der Waals surface area contributed by atoms with E-state index in [1.165, 1.54) is 0 Å². The number of nitrogens with zero attached hydrogens (tertiary/aromatic N) is 1. The Labute approximate surface area is 85.1 Å². The van der Waals surface area contributed by atoms with Crippen LogP contribution in [-0.2, 0) is 5.41 Å². The minimum atomic E-state index is -0.0855. The largest absolute Gasteiger partial charge is 0.287 e. The molecule has 3 nitrogen and oxygen atoms in total. The van der Waals surface area contributed by atoms with Gasteiger partial charge in [-0.3, -0.25) is 14.6 Å². The Hall–Kier alpha value is -0.990. The van der Waals surface area contributed by atoms with Crippen LogP contribution in [0.5, 0.6) is 0 Å². The average Bonchev–Trinajstić information content (AvgIpc) is 2.24. The molecule has 0 atom stereocenters. The van der Waals surface area contributed by atoms with E-state index >= 15 is 0 Å². The lowest BCUT2D eigenvalue weighted by atomic mass is 9.87. The van der Waals surface area contributed by atoms with Gasteiger partial charge in [-0.25, -0.2) is 0 Å². The zero-order chi connectivity index (χ0) is 11.1. The fourth-order valence-electron chi connectivity index (χ4n) is 1.93. The number of aromatic nitrogens is 2. The molecular weight excluding hydrogens is 176 g/mol. The van der Waals surface area contributed by atoms with E-state index in [4.69, 9.17) is 0 Å². The number of nitrogens with one attached hydrogen (secondary N) is 1. The van der Waals surface area contributed by atoms with Crippen LogP contribution in [0.4, 0.5) is 0 Å². The quantitative estimate of drug-likeness (QED) is 0.735. The molecule has 0 saturated carbocycles. The first-order valence-corrected chi connectivity index (χ1v) is 5.06. The first kappa shape index (κ1) is 11.1. The van der Waals surface area contributed by atoms with Crippen molar-refractivity contribution in [3.8, 4) is 0 Å². The van der Waals surface area contributed by atoms with Crippen LogP contribution >= 0.6 is 0 Å². The van der Waals surface area contributed by atoms with Gasteiger partial charge in [-0.05, 0) is 26.2 Å². The van der Waals surface area contributed by atoms with E-state index in [9.17, 15) is 4.79 Å². The number of H-pyrrole nitrogens is 1. The van der Waals surface area contributed by atoms with E-state index < -0.39 is 0 Å². The molecule has 14 heavy (non-hydrogen) atoms. The summed E-state index contributed by atoms with van der Waals surface area (Å²) in [7, 11) is 0. The van der Waals surface area contributed by atoms with Gasteiger partial charge in [0.2, 0.25) is 0 Å². The maximum Gasteiger partial charge on any atom is 0.268 e. The second-order valence-corrected chi connectivity index (χ2v) is 5.12. The molecule has 0 unspecified atom stereocenters. The van der Waals surface area contributed by atoms with Crippen molar-refractivity contribution in [3.63, 3.8) is 0 Å². The van der Waals surface area contributed by atoms with Crippen LogP contribution in [0.25, 0.3) is 0 Å². The molecule has 0 radical (unpaired) electrons. The Balaban J connectivity index is 3.41. The SMILES string of the molecule is Cc1c(C(C)(C)C)c(=O)[nH]n1C(C)C. The summed E-state index contributed by atoms with van der Waals surface area (Å²) in [4.78, 5) is 11.7. The van der Waals surface area contributed by atoms with Crippen molar-refractivity contribution in [3.05, 3.63) is 21.6 Å². The van der Waals surface area contributed by atoms with E-state index in [-0.39, 0.29) is 11.0 Å². The highest BCUT2D eigenvalue weighted by atomic mass is 16.1. The first-order chi connectivity index (χ1) is 6.25. The third kappa shape index (κ3) is 1.76. The van der Waals surface area contributed by atoms with Gasteiger partial charge in [0.15, 0.2) is 0 Å². The summed E-state index contributed by atoms with van der Waals surface area (Å²) in [6.07, 6.45) is 0. The maximum absolute atomic E-state index is 11.7. The lowest BCUT2D eigenvalue weighted by Gasteiger charge is -2.18. The molecule has 0 aliphatic rings. The van der Waals surface area contributed by atoms with E-state index in [0.29, 0.717) is 6.04 Å². The molecule has 1 aromatic rings. The highest BCUT2D eigenvalue weighted by Crippen LogP contribution is 2.23. The van der Waals surface area contributed by atoms with Crippen molar-refractivity contribution in [2.75, 3.05) is 0 Å². The highest BCUT2D eigenvalue weighted by molar-refractivity contribution is 5.24. The van der Waals surface area contributed by atoms with Gasteiger partial charge in [-0.2, -0.15) is 0 Å². The van der Waals surface area contributed by atoms with Crippen molar-refractivity contribution in [1.82, 2.24) is 9.78 Å². The van der Waals surface area contributed by atoms with E-state index in [2.05, 4.69) is 39.7 Å². The molecule has 0 spiro atoms. The smallest absolute Gasteiger partial charge is 0.268 e. The van der Waals surface area contributed by atoms with Crippen LogP contribution in [0.3, 0.4) is 0 Å². The van der Waals surface area contributed by atoms with E-state index in [1.54, 1.807) is 0 Å². The van der Waals surface area contributed by atoms with Gasteiger partial charge >= 0.3 is 0 Å². The number of rotatable bonds is 1. The summed E-state index contributed by atoms with van der Waals surface area (Å²) in [5, 5.41) is 2.88. The highest BCUT2D eigenvalue weighted by Gasteiger charge is 2.24. The molecule has 0 aromatic carbocycles. The summed E-state index contributed by atoms with van der Waals surface area (Å²) < 4.78 is 1.93. The van der Waals surface area contributed by atoms with Gasteiger partial charge in [0, 0.05) is 17.3 Å². The summed E-state index contributed by atoms with van der Waals surface area (Å²) in [5.41, 5.74) is 1.91. The number of hydrogen-bond donors (Lipinski definition) is 1. The number of aromatic amines is 1. The van der Waals surface area contributed by atoms with E-state index in [1.807, 2.05) is 11.6 Å². The molecule has 80 valence electrons. The molecule has 0 saturated heterocycles. The third-order valence-electron chi connectivity index (χ3n) is 2.44. The Bertz CT molecular complexity index is 377. The standard InChI is InChI=1S/C11H20N2O/c1-7(2)13-8(3)9(10(14)12-13)11(4,5)6/h7H,1-6H3,(H,12,14). The van der Waals surface area contributed by atoms with Gasteiger partial charge in [0.05, 0.1) is 0 Å². The zero-order valence-corrected chi connectivity index (χ0v) is 9.93. The average molecular weight is 196 g/mol. The zero-order valence-electron chi connectivity index (χ0n) is 9.93. The van der Waals surface area contributed by atoms with Crippen LogP contribution in [0.15, 0.2) is 4.79 Å². The van der Waals surface area contributed by atoms with Crippen LogP contribution < -0.4 is 5.56 Å². The lowest BCUT2D eigenvalue weighted by molar-refractivity contribution is 0.511. The fourth-order valence-corrected chi connectivity index (χ4v) is 1.93. The van der Waals surface area contributed by atoms with Gasteiger partial charge in [-0.1, -0.05) is 20.8 Å². The Morgan fingerprint density at radius 1 is 1.29 bits per heavy atom. The maximum atomic E-state index is 11.7. The number of hydrogen-bond acceptors (Lipinski definition) is 1. The molecule has 0 fully saturated rings. The van der Waals surface area contributed by atoms with Crippen molar-refractivity contribution < 1.29 is 0 Å². The lowest BCUT2D eigenvalue weighted by Crippen LogP contribution is -2.21. The van der Waals surface area contributed by atoms with Gasteiger partial charge in [-0.15, -0.1) is 0 Å². The molecule has 3 heteroatoms. The summed E-state index contributed by atoms with van der Waals surface area (Å²) in [5.74, 6) is 0. The Kier molecular flexibility index (Phi) is 2.61. The molecule has 1 heterocycles. The minimum absolute atomic E-state index is 0.0451. The Morgan fingerprint density at radius 2 is 1.79 bits per heavy atom. The predicted molar refractivity (Wildman–Crippen MR) is 58.9 cm³/mol. The van der Waals surface area contributed by atoms with Crippen LogP contribution in [-0.4, -0.2) is 9.78 Å². The summed E-state index contributed by atoms with van der Waals surface area (Å²) in [6.45, 7) is 12.3. The molecule has 1 N–H and O–H groups in total. The second kappa shape index (κ2) is 3.30. The third-order valence-corrected chi connectivity index (χ3v) is 2.44. The predicted octanol–water partition coefficient (Wildman–Crippen LogP) is 2.36. The van der Waals surface area contributed by atoms with Crippen LogP contribution in [0.1, 0.15) is 51.9 Å². The van der Waals surface area contributed by atoms with Crippen molar-refractivity contribution in [2.45, 2.75) is 53.0 Å². The van der Waals surface area contributed by atoms with Crippen molar-refractivity contribution >= 4 is 0 Å². The normalized spacial score (nSPS) is 12.5.